The molecule has 0 atom stereocenters. The minimum absolute atomic E-state index is 0.944. The van der Waals surface area contributed by atoms with Gasteiger partial charge >= 0.3 is 0 Å². The Kier molecular flexibility index (Phi) is 1.84. The smallest absolute Gasteiger partial charge is 0.139 e. The van der Waals surface area contributed by atoms with Crippen molar-refractivity contribution in [1.82, 2.24) is 15.0 Å². The minimum atomic E-state index is 0.944. The summed E-state index contributed by atoms with van der Waals surface area (Å²) in [4.78, 5) is 12.6. The first kappa shape index (κ1) is 10.3. The molecule has 4 heteroatoms. The van der Waals surface area contributed by atoms with Crippen molar-refractivity contribution in [3.8, 4) is 0 Å². The minimum Gasteiger partial charge on any atom is -0.339 e. The summed E-state index contributed by atoms with van der Waals surface area (Å²) in [6, 6.07) is 14.6. The van der Waals surface area contributed by atoms with Crippen LogP contribution in [-0.2, 0) is 0 Å². The predicted octanol–water partition coefficient (Wildman–Crippen LogP) is 4.48. The molecule has 0 saturated heterocycles. The molecule has 3 aromatic heterocycles. The highest BCUT2D eigenvalue weighted by molar-refractivity contribution is 7.17. The van der Waals surface area contributed by atoms with E-state index in [1.807, 2.05) is 23.7 Å². The van der Waals surface area contributed by atoms with E-state index in [9.17, 15) is 0 Å². The summed E-state index contributed by atoms with van der Waals surface area (Å²) in [7, 11) is 0. The Morgan fingerprint density at radius 3 is 2.95 bits per heavy atom. The summed E-state index contributed by atoms with van der Waals surface area (Å²) < 4.78 is 1.23. The first-order valence-corrected chi connectivity index (χ1v) is 7.31. The zero-order chi connectivity index (χ0) is 13.1. The SMILES string of the molecule is c1ccc2nc3[nH]c4ccc5ncsc5c4c3cc2c1. The highest BCUT2D eigenvalue weighted by Crippen LogP contribution is 2.34. The molecule has 0 amide bonds. The molecule has 0 aliphatic carbocycles. The Hall–Kier alpha value is -2.46. The van der Waals surface area contributed by atoms with Gasteiger partial charge < -0.3 is 4.98 Å². The number of aromatic amines is 1. The van der Waals surface area contributed by atoms with Gasteiger partial charge in [-0.25, -0.2) is 9.97 Å². The molecule has 0 aliphatic rings. The number of fused-ring (bicyclic) bond motifs is 6. The van der Waals surface area contributed by atoms with Crippen LogP contribution in [0, 0.1) is 0 Å². The first-order valence-electron chi connectivity index (χ1n) is 6.43. The maximum atomic E-state index is 4.73. The van der Waals surface area contributed by atoms with Crippen LogP contribution in [0.3, 0.4) is 0 Å². The van der Waals surface area contributed by atoms with Gasteiger partial charge in [0.05, 0.1) is 21.2 Å². The van der Waals surface area contributed by atoms with E-state index in [1.54, 1.807) is 11.3 Å². The monoisotopic (exact) mass is 275 g/mol. The van der Waals surface area contributed by atoms with Crippen LogP contribution < -0.4 is 0 Å². The third kappa shape index (κ3) is 1.24. The Labute approximate surface area is 117 Å². The topological polar surface area (TPSA) is 41.6 Å². The van der Waals surface area contributed by atoms with E-state index in [1.165, 1.54) is 20.9 Å². The maximum absolute atomic E-state index is 4.73. The maximum Gasteiger partial charge on any atom is 0.139 e. The Morgan fingerprint density at radius 1 is 1.00 bits per heavy atom. The highest BCUT2D eigenvalue weighted by Gasteiger charge is 2.11. The van der Waals surface area contributed by atoms with Gasteiger partial charge in [0.2, 0.25) is 0 Å². The number of para-hydroxylation sites is 1. The molecule has 0 aliphatic heterocycles. The highest BCUT2D eigenvalue weighted by atomic mass is 32.1. The fraction of sp³-hybridized carbons (Fsp3) is 0. The van der Waals surface area contributed by atoms with Crippen LogP contribution in [0.2, 0.25) is 0 Å². The number of H-pyrrole nitrogens is 1. The van der Waals surface area contributed by atoms with E-state index < -0.39 is 0 Å². The Bertz CT molecular complexity index is 1100. The third-order valence-electron chi connectivity index (χ3n) is 3.75. The fourth-order valence-corrected chi connectivity index (χ4v) is 3.68. The Morgan fingerprint density at radius 2 is 1.95 bits per heavy atom. The number of nitrogens with one attached hydrogen (secondary N) is 1. The largest absolute Gasteiger partial charge is 0.339 e. The van der Waals surface area contributed by atoms with E-state index in [2.05, 4.69) is 34.2 Å². The second kappa shape index (κ2) is 3.55. The van der Waals surface area contributed by atoms with Crippen LogP contribution in [0.15, 0.2) is 48.0 Å². The molecule has 20 heavy (non-hydrogen) atoms. The van der Waals surface area contributed by atoms with Gasteiger partial charge in [-0.05, 0) is 24.3 Å². The Balaban J connectivity index is 2.10. The third-order valence-corrected chi connectivity index (χ3v) is 4.61. The molecule has 3 heterocycles. The summed E-state index contributed by atoms with van der Waals surface area (Å²) in [5.74, 6) is 0. The number of hydrogen-bond acceptors (Lipinski definition) is 3. The number of hydrogen-bond donors (Lipinski definition) is 1. The fourth-order valence-electron chi connectivity index (χ4n) is 2.83. The lowest BCUT2D eigenvalue weighted by Crippen LogP contribution is -1.79. The summed E-state index contributed by atoms with van der Waals surface area (Å²) in [5.41, 5.74) is 6.04. The van der Waals surface area contributed by atoms with E-state index in [-0.39, 0.29) is 0 Å². The van der Waals surface area contributed by atoms with Gasteiger partial charge in [-0.15, -0.1) is 11.3 Å². The molecule has 0 fully saturated rings. The normalized spacial score (nSPS) is 12.0. The molecule has 0 spiro atoms. The number of thiazole rings is 1. The van der Waals surface area contributed by atoms with E-state index in [4.69, 9.17) is 4.98 Å². The van der Waals surface area contributed by atoms with Crippen molar-refractivity contribution in [1.29, 1.82) is 0 Å². The molecular formula is C16H9N3S. The lowest BCUT2D eigenvalue weighted by Gasteiger charge is -1.97. The second-order valence-corrected chi connectivity index (χ2v) is 5.75. The average Bonchev–Trinajstić information content (AvgIpc) is 3.07. The van der Waals surface area contributed by atoms with Crippen LogP contribution >= 0.6 is 11.3 Å². The van der Waals surface area contributed by atoms with E-state index in [0.717, 1.165) is 22.2 Å². The van der Waals surface area contributed by atoms with Gasteiger partial charge in [0.15, 0.2) is 0 Å². The molecule has 5 rings (SSSR count). The summed E-state index contributed by atoms with van der Waals surface area (Å²) in [6.45, 7) is 0. The molecule has 0 bridgehead atoms. The predicted molar refractivity (Wildman–Crippen MR) is 84.3 cm³/mol. The van der Waals surface area contributed by atoms with Gasteiger partial charge in [-0.1, -0.05) is 18.2 Å². The van der Waals surface area contributed by atoms with Crippen LogP contribution in [0.1, 0.15) is 0 Å². The quantitative estimate of drug-likeness (QED) is 0.453. The van der Waals surface area contributed by atoms with E-state index >= 15 is 0 Å². The lowest BCUT2D eigenvalue weighted by atomic mass is 10.1. The molecule has 1 N–H and O–H groups in total. The van der Waals surface area contributed by atoms with Gasteiger partial charge in [-0.2, -0.15) is 0 Å². The van der Waals surface area contributed by atoms with E-state index in [0.29, 0.717) is 0 Å². The molecule has 0 radical (unpaired) electrons. The molecule has 94 valence electrons. The van der Waals surface area contributed by atoms with Crippen LogP contribution in [0.4, 0.5) is 0 Å². The van der Waals surface area contributed by atoms with Gasteiger partial charge in [0.25, 0.3) is 0 Å². The number of rotatable bonds is 0. The average molecular weight is 275 g/mol. The molecule has 2 aromatic carbocycles. The zero-order valence-electron chi connectivity index (χ0n) is 10.4. The van der Waals surface area contributed by atoms with Crippen molar-refractivity contribution in [2.24, 2.45) is 0 Å². The summed E-state index contributed by atoms with van der Waals surface area (Å²) in [5, 5.41) is 3.58. The van der Waals surface area contributed by atoms with Crippen LogP contribution in [-0.4, -0.2) is 15.0 Å². The molecule has 3 nitrogen and oxygen atoms in total. The van der Waals surface area contributed by atoms with Crippen molar-refractivity contribution in [2.45, 2.75) is 0 Å². The van der Waals surface area contributed by atoms with Gasteiger partial charge in [-0.3, -0.25) is 0 Å². The zero-order valence-corrected chi connectivity index (χ0v) is 11.2. The van der Waals surface area contributed by atoms with Crippen molar-refractivity contribution in [2.75, 3.05) is 0 Å². The number of aromatic nitrogens is 3. The summed E-state index contributed by atoms with van der Waals surface area (Å²) >= 11 is 1.68. The van der Waals surface area contributed by atoms with Crippen molar-refractivity contribution in [3.05, 3.63) is 48.0 Å². The molecule has 5 aromatic rings. The van der Waals surface area contributed by atoms with Crippen LogP contribution in [0.5, 0.6) is 0 Å². The second-order valence-electron chi connectivity index (χ2n) is 4.89. The van der Waals surface area contributed by atoms with Crippen molar-refractivity contribution in [3.63, 3.8) is 0 Å². The van der Waals surface area contributed by atoms with Gasteiger partial charge in [0, 0.05) is 21.7 Å². The van der Waals surface area contributed by atoms with Crippen LogP contribution in [0.25, 0.3) is 43.1 Å². The number of nitrogens with zero attached hydrogens (tertiary/aromatic N) is 2. The molecule has 0 saturated carbocycles. The first-order chi connectivity index (χ1) is 9.90. The van der Waals surface area contributed by atoms with Crippen molar-refractivity contribution < 1.29 is 0 Å². The summed E-state index contributed by atoms with van der Waals surface area (Å²) in [6.07, 6.45) is 0. The van der Waals surface area contributed by atoms with Gasteiger partial charge in [0.1, 0.15) is 5.65 Å². The number of benzene rings is 2. The standard InChI is InChI=1S/C16H9N3S/c1-2-4-11-9(3-1)7-10-14-12(19-16(10)18-11)5-6-13-15(14)20-8-17-13/h1-8H,(H,18,19). The molecular weight excluding hydrogens is 266 g/mol. The lowest BCUT2D eigenvalue weighted by molar-refractivity contribution is 1.40. The molecule has 0 unspecified atom stereocenters. The number of pyridine rings is 1. The van der Waals surface area contributed by atoms with Crippen molar-refractivity contribution >= 4 is 54.4 Å².